The largest absolute Gasteiger partial charge is 0.497 e. The molecule has 0 aliphatic rings. The van der Waals surface area contributed by atoms with Gasteiger partial charge in [0.2, 0.25) is 0 Å². The summed E-state index contributed by atoms with van der Waals surface area (Å²) >= 11 is 0. The normalized spacial score (nSPS) is 10.4. The van der Waals surface area contributed by atoms with Crippen LogP contribution in [0.5, 0.6) is 17.2 Å². The van der Waals surface area contributed by atoms with Gasteiger partial charge in [-0.3, -0.25) is 4.79 Å². The van der Waals surface area contributed by atoms with Crippen molar-refractivity contribution in [3.05, 3.63) is 47.5 Å². The first-order chi connectivity index (χ1) is 13.5. The number of benzene rings is 2. The minimum absolute atomic E-state index is 0.0125. The van der Waals surface area contributed by atoms with Crippen LogP contribution in [0.3, 0.4) is 0 Å². The van der Waals surface area contributed by atoms with Crippen molar-refractivity contribution in [2.24, 2.45) is 5.10 Å². The standard InChI is InChI=1S/C19H21N3O6/c1-26-14-7-5-13(6-8-14)20-11-16(23)22-21-10-12-4-9-15(27-2)18(28-3)17(12)19(24)25/h4-10,20H,11H2,1-3H3,(H,22,23)(H,24,25)/b21-10-. The maximum Gasteiger partial charge on any atom is 0.340 e. The number of hydrazone groups is 1. The number of hydrogen-bond donors (Lipinski definition) is 3. The number of rotatable bonds is 9. The zero-order valence-electron chi connectivity index (χ0n) is 15.7. The number of carboxylic acid groups (broad SMARTS) is 1. The smallest absolute Gasteiger partial charge is 0.340 e. The van der Waals surface area contributed by atoms with Crippen LogP contribution in [0.25, 0.3) is 0 Å². The summed E-state index contributed by atoms with van der Waals surface area (Å²) in [5.74, 6) is -0.533. The van der Waals surface area contributed by atoms with Crippen LogP contribution in [-0.4, -0.2) is 51.1 Å². The van der Waals surface area contributed by atoms with Gasteiger partial charge in [-0.05, 0) is 36.4 Å². The van der Waals surface area contributed by atoms with Crippen LogP contribution in [0.1, 0.15) is 15.9 Å². The maximum absolute atomic E-state index is 11.9. The van der Waals surface area contributed by atoms with Gasteiger partial charge in [-0.25, -0.2) is 10.2 Å². The summed E-state index contributed by atoms with van der Waals surface area (Å²) < 4.78 is 15.3. The Morgan fingerprint density at radius 1 is 1.04 bits per heavy atom. The summed E-state index contributed by atoms with van der Waals surface area (Å²) in [6, 6.07) is 10.2. The third-order valence-corrected chi connectivity index (χ3v) is 3.73. The van der Waals surface area contributed by atoms with Crippen LogP contribution in [0.15, 0.2) is 41.5 Å². The number of amides is 1. The average molecular weight is 387 g/mol. The van der Waals surface area contributed by atoms with Crippen molar-refractivity contribution in [3.63, 3.8) is 0 Å². The molecule has 0 spiro atoms. The van der Waals surface area contributed by atoms with Gasteiger partial charge in [0, 0.05) is 11.3 Å². The first kappa shape index (κ1) is 20.6. The van der Waals surface area contributed by atoms with Crippen molar-refractivity contribution >= 4 is 23.8 Å². The molecule has 2 aromatic carbocycles. The van der Waals surface area contributed by atoms with E-state index in [0.717, 1.165) is 5.69 Å². The van der Waals surface area contributed by atoms with Crippen molar-refractivity contribution in [3.8, 4) is 17.2 Å². The van der Waals surface area contributed by atoms with Crippen molar-refractivity contribution < 1.29 is 28.9 Å². The topological polar surface area (TPSA) is 118 Å². The Morgan fingerprint density at radius 2 is 1.75 bits per heavy atom. The average Bonchev–Trinajstić information content (AvgIpc) is 2.71. The molecule has 0 aromatic heterocycles. The number of hydrogen-bond acceptors (Lipinski definition) is 7. The van der Waals surface area contributed by atoms with Crippen LogP contribution in [0, 0.1) is 0 Å². The molecule has 0 saturated carbocycles. The fourth-order valence-corrected chi connectivity index (χ4v) is 2.37. The summed E-state index contributed by atoms with van der Waals surface area (Å²) in [5.41, 5.74) is 3.22. The molecule has 0 unspecified atom stereocenters. The summed E-state index contributed by atoms with van der Waals surface area (Å²) in [6.45, 7) is -0.0125. The SMILES string of the molecule is COc1ccc(NCC(=O)N/N=C\c2ccc(OC)c(OC)c2C(=O)O)cc1. The van der Waals surface area contributed by atoms with Crippen LogP contribution < -0.4 is 25.0 Å². The number of carbonyl (C=O) groups excluding carboxylic acids is 1. The van der Waals surface area contributed by atoms with Crippen LogP contribution in [-0.2, 0) is 4.79 Å². The third kappa shape index (κ3) is 5.13. The molecule has 9 heteroatoms. The zero-order chi connectivity index (χ0) is 20.5. The van der Waals surface area contributed by atoms with E-state index in [2.05, 4.69) is 15.8 Å². The number of aromatic carboxylic acids is 1. The van der Waals surface area contributed by atoms with Gasteiger partial charge >= 0.3 is 5.97 Å². The predicted octanol–water partition coefficient (Wildman–Crippen LogP) is 1.97. The first-order valence-corrected chi connectivity index (χ1v) is 8.18. The minimum atomic E-state index is -1.20. The molecular formula is C19H21N3O6. The lowest BCUT2D eigenvalue weighted by Crippen LogP contribution is -2.26. The number of nitrogens with one attached hydrogen (secondary N) is 2. The van der Waals surface area contributed by atoms with Gasteiger partial charge in [0.15, 0.2) is 11.5 Å². The van der Waals surface area contributed by atoms with Crippen LogP contribution in [0.4, 0.5) is 5.69 Å². The van der Waals surface area contributed by atoms with E-state index >= 15 is 0 Å². The fourth-order valence-electron chi connectivity index (χ4n) is 2.37. The Bertz CT molecular complexity index is 865. The molecule has 0 saturated heterocycles. The summed E-state index contributed by atoms with van der Waals surface area (Å²) in [6.07, 6.45) is 1.23. The highest BCUT2D eigenvalue weighted by Gasteiger charge is 2.20. The van der Waals surface area contributed by atoms with E-state index in [-0.39, 0.29) is 29.2 Å². The minimum Gasteiger partial charge on any atom is -0.497 e. The van der Waals surface area contributed by atoms with Crippen LogP contribution >= 0.6 is 0 Å². The van der Waals surface area contributed by atoms with E-state index in [1.165, 1.54) is 26.5 Å². The number of methoxy groups -OCH3 is 3. The highest BCUT2D eigenvalue weighted by atomic mass is 16.5. The summed E-state index contributed by atoms with van der Waals surface area (Å²) in [7, 11) is 4.33. The Morgan fingerprint density at radius 3 is 2.32 bits per heavy atom. The van der Waals surface area contributed by atoms with Crippen molar-refractivity contribution in [2.75, 3.05) is 33.2 Å². The summed E-state index contributed by atoms with van der Waals surface area (Å²) in [5, 5.41) is 16.2. The molecule has 9 nitrogen and oxygen atoms in total. The fraction of sp³-hybridized carbons (Fsp3) is 0.211. The second-order valence-electron chi connectivity index (χ2n) is 5.45. The Hall–Kier alpha value is -3.75. The Labute approximate surface area is 161 Å². The summed E-state index contributed by atoms with van der Waals surface area (Å²) in [4.78, 5) is 23.5. The number of nitrogens with zero attached hydrogens (tertiary/aromatic N) is 1. The Balaban J connectivity index is 2.01. The van der Waals surface area contributed by atoms with Gasteiger partial charge in [-0.15, -0.1) is 0 Å². The highest BCUT2D eigenvalue weighted by Crippen LogP contribution is 2.32. The maximum atomic E-state index is 11.9. The monoisotopic (exact) mass is 387 g/mol. The van der Waals surface area contributed by atoms with Crippen LogP contribution in [0.2, 0.25) is 0 Å². The van der Waals surface area contributed by atoms with E-state index in [4.69, 9.17) is 14.2 Å². The van der Waals surface area contributed by atoms with E-state index in [1.807, 2.05) is 0 Å². The molecule has 28 heavy (non-hydrogen) atoms. The molecule has 0 bridgehead atoms. The van der Waals surface area contributed by atoms with Crippen molar-refractivity contribution in [1.82, 2.24) is 5.43 Å². The lowest BCUT2D eigenvalue weighted by Gasteiger charge is -2.12. The van der Waals surface area contributed by atoms with E-state index < -0.39 is 11.9 Å². The molecule has 0 radical (unpaired) electrons. The highest BCUT2D eigenvalue weighted by molar-refractivity contribution is 6.02. The molecule has 0 atom stereocenters. The predicted molar refractivity (Wildman–Crippen MR) is 104 cm³/mol. The molecular weight excluding hydrogens is 366 g/mol. The number of carboxylic acids is 1. The second kappa shape index (κ2) is 9.81. The quantitative estimate of drug-likeness (QED) is 0.445. The van der Waals surface area contributed by atoms with Crippen molar-refractivity contribution in [2.45, 2.75) is 0 Å². The van der Waals surface area contributed by atoms with Crippen molar-refractivity contribution in [1.29, 1.82) is 0 Å². The molecule has 1 amide bonds. The number of anilines is 1. The van der Waals surface area contributed by atoms with Gasteiger partial charge in [-0.1, -0.05) is 0 Å². The Kier molecular flexibility index (Phi) is 7.21. The lowest BCUT2D eigenvalue weighted by atomic mass is 10.1. The van der Waals surface area contributed by atoms with E-state index in [9.17, 15) is 14.7 Å². The van der Waals surface area contributed by atoms with E-state index in [0.29, 0.717) is 5.75 Å². The first-order valence-electron chi connectivity index (χ1n) is 8.18. The number of carbonyl (C=O) groups is 2. The van der Waals surface area contributed by atoms with Gasteiger partial charge < -0.3 is 24.6 Å². The third-order valence-electron chi connectivity index (χ3n) is 3.73. The molecule has 148 valence electrons. The molecule has 0 aliphatic heterocycles. The van der Waals surface area contributed by atoms with Gasteiger partial charge in [-0.2, -0.15) is 5.10 Å². The number of ether oxygens (including phenoxy) is 3. The molecule has 2 aromatic rings. The molecule has 0 heterocycles. The van der Waals surface area contributed by atoms with Gasteiger partial charge in [0.1, 0.15) is 11.3 Å². The zero-order valence-corrected chi connectivity index (χ0v) is 15.7. The molecule has 0 aliphatic carbocycles. The molecule has 0 fully saturated rings. The lowest BCUT2D eigenvalue weighted by molar-refractivity contribution is -0.119. The molecule has 2 rings (SSSR count). The molecule has 3 N–H and O–H groups in total. The van der Waals surface area contributed by atoms with Gasteiger partial charge in [0.05, 0.1) is 34.1 Å². The van der Waals surface area contributed by atoms with Gasteiger partial charge in [0.25, 0.3) is 5.91 Å². The van der Waals surface area contributed by atoms with E-state index in [1.54, 1.807) is 37.4 Å². The second-order valence-corrected chi connectivity index (χ2v) is 5.45.